The van der Waals surface area contributed by atoms with Crippen LogP contribution in [0.4, 0.5) is 11.4 Å². The summed E-state index contributed by atoms with van der Waals surface area (Å²) in [6.07, 6.45) is 1.74. The number of rotatable bonds is 8. The van der Waals surface area contributed by atoms with Crippen molar-refractivity contribution in [3.05, 3.63) is 75.8 Å². The third kappa shape index (κ3) is 5.09. The zero-order chi connectivity index (χ0) is 20.8. The van der Waals surface area contributed by atoms with Crippen LogP contribution in [0.3, 0.4) is 0 Å². The van der Waals surface area contributed by atoms with E-state index < -0.39 is 4.92 Å². The molecule has 1 N–H and O–H groups in total. The van der Waals surface area contributed by atoms with E-state index >= 15 is 0 Å². The van der Waals surface area contributed by atoms with E-state index in [1.54, 1.807) is 6.08 Å². The number of hydrogen-bond donors (Lipinski definition) is 1. The molecule has 0 atom stereocenters. The maximum absolute atomic E-state index is 12.3. The smallest absolute Gasteiger partial charge is 0.270 e. The van der Waals surface area contributed by atoms with E-state index in [-0.39, 0.29) is 17.3 Å². The van der Waals surface area contributed by atoms with E-state index in [1.807, 2.05) is 34.9 Å². The van der Waals surface area contributed by atoms with E-state index in [2.05, 4.69) is 38.0 Å². The Bertz CT molecular complexity index is 1060. The van der Waals surface area contributed by atoms with Crippen molar-refractivity contribution in [3.8, 4) is 11.4 Å². The molecule has 0 fully saturated rings. The zero-order valence-corrected chi connectivity index (χ0v) is 17.5. The second-order valence-corrected chi connectivity index (χ2v) is 7.63. The zero-order valence-electron chi connectivity index (χ0n) is 15.1. The van der Waals surface area contributed by atoms with Crippen LogP contribution in [-0.4, -0.2) is 31.3 Å². The second kappa shape index (κ2) is 9.48. The van der Waals surface area contributed by atoms with Crippen molar-refractivity contribution < 1.29 is 9.72 Å². The number of nitro groups is 1. The molecule has 0 saturated heterocycles. The minimum absolute atomic E-state index is 0.0600. The Morgan fingerprint density at radius 3 is 2.69 bits per heavy atom. The van der Waals surface area contributed by atoms with E-state index in [1.165, 1.54) is 30.0 Å². The van der Waals surface area contributed by atoms with Gasteiger partial charge in [0.2, 0.25) is 5.91 Å². The average molecular weight is 474 g/mol. The lowest BCUT2D eigenvalue weighted by atomic mass is 10.2. The van der Waals surface area contributed by atoms with Gasteiger partial charge in [0.15, 0.2) is 11.0 Å². The van der Waals surface area contributed by atoms with Gasteiger partial charge in [0.25, 0.3) is 5.69 Å². The second-order valence-electron chi connectivity index (χ2n) is 5.83. The molecule has 148 valence electrons. The van der Waals surface area contributed by atoms with Crippen molar-refractivity contribution in [2.45, 2.75) is 11.7 Å². The Balaban J connectivity index is 1.70. The Kier molecular flexibility index (Phi) is 6.78. The first-order valence-corrected chi connectivity index (χ1v) is 10.2. The molecule has 2 aromatic carbocycles. The van der Waals surface area contributed by atoms with Gasteiger partial charge in [0.1, 0.15) is 0 Å². The van der Waals surface area contributed by atoms with Crippen LogP contribution in [-0.2, 0) is 11.3 Å². The fourth-order valence-corrected chi connectivity index (χ4v) is 3.74. The van der Waals surface area contributed by atoms with Gasteiger partial charge in [-0.3, -0.25) is 19.5 Å². The number of carbonyl (C=O) groups excluding carboxylic acids is 1. The Hall–Kier alpha value is -2.98. The van der Waals surface area contributed by atoms with Crippen LogP contribution in [0.15, 0.2) is 70.8 Å². The first-order valence-electron chi connectivity index (χ1n) is 8.45. The molecule has 0 aliphatic heterocycles. The van der Waals surface area contributed by atoms with Crippen molar-refractivity contribution >= 4 is 45.0 Å². The summed E-state index contributed by atoms with van der Waals surface area (Å²) < 4.78 is 2.33. The molecule has 1 heterocycles. The lowest BCUT2D eigenvalue weighted by Gasteiger charge is -2.09. The van der Waals surface area contributed by atoms with Gasteiger partial charge in [-0.25, -0.2) is 0 Å². The van der Waals surface area contributed by atoms with Gasteiger partial charge in [-0.15, -0.1) is 16.8 Å². The summed E-state index contributed by atoms with van der Waals surface area (Å²) in [5, 5.41) is 22.6. The van der Waals surface area contributed by atoms with Gasteiger partial charge in [0, 0.05) is 28.7 Å². The summed E-state index contributed by atoms with van der Waals surface area (Å²) in [5.41, 5.74) is 1.32. The monoisotopic (exact) mass is 473 g/mol. The number of allylic oxidation sites excluding steroid dienone is 1. The number of non-ortho nitro benzene ring substituents is 1. The number of hydrogen-bond acceptors (Lipinski definition) is 6. The quantitative estimate of drug-likeness (QED) is 0.223. The first-order chi connectivity index (χ1) is 14.0. The Labute approximate surface area is 179 Å². The SMILES string of the molecule is C=CCn1c(SCC(=O)Nc2ccc([N+](=O)[O-])cc2Br)nnc1-c1ccccc1. The van der Waals surface area contributed by atoms with Crippen molar-refractivity contribution in [1.82, 2.24) is 14.8 Å². The van der Waals surface area contributed by atoms with E-state index in [4.69, 9.17) is 0 Å². The molecule has 1 amide bonds. The van der Waals surface area contributed by atoms with Crippen LogP contribution in [0.25, 0.3) is 11.4 Å². The van der Waals surface area contributed by atoms with Crippen LogP contribution < -0.4 is 5.32 Å². The van der Waals surface area contributed by atoms with Crippen LogP contribution in [0.1, 0.15) is 0 Å². The summed E-state index contributed by atoms with van der Waals surface area (Å²) in [7, 11) is 0. The number of nitro benzene ring substituents is 1. The first kappa shape index (κ1) is 20.7. The topological polar surface area (TPSA) is 103 Å². The molecule has 3 aromatic rings. The molecule has 0 radical (unpaired) electrons. The van der Waals surface area contributed by atoms with Gasteiger partial charge < -0.3 is 5.32 Å². The fraction of sp³-hybridized carbons (Fsp3) is 0.105. The van der Waals surface area contributed by atoms with Gasteiger partial charge >= 0.3 is 0 Å². The third-order valence-electron chi connectivity index (χ3n) is 3.83. The summed E-state index contributed by atoms with van der Waals surface area (Å²) in [4.78, 5) is 22.6. The summed E-state index contributed by atoms with van der Waals surface area (Å²) in [6, 6.07) is 13.8. The van der Waals surface area contributed by atoms with Crippen LogP contribution in [0.5, 0.6) is 0 Å². The van der Waals surface area contributed by atoms with Crippen molar-refractivity contribution in [2.24, 2.45) is 0 Å². The predicted molar refractivity (Wildman–Crippen MR) is 116 cm³/mol. The average Bonchev–Trinajstić information content (AvgIpc) is 3.11. The maximum Gasteiger partial charge on any atom is 0.270 e. The van der Waals surface area contributed by atoms with Crippen LogP contribution in [0, 0.1) is 10.1 Å². The van der Waals surface area contributed by atoms with E-state index in [9.17, 15) is 14.9 Å². The number of nitrogens with zero attached hydrogens (tertiary/aromatic N) is 4. The molecule has 8 nitrogen and oxygen atoms in total. The molecule has 3 rings (SSSR count). The number of nitrogens with one attached hydrogen (secondary N) is 1. The van der Waals surface area contributed by atoms with Crippen molar-refractivity contribution in [2.75, 3.05) is 11.1 Å². The molecule has 0 bridgehead atoms. The standard InChI is InChI=1S/C19H16BrN5O3S/c1-2-10-24-18(13-6-4-3-5-7-13)22-23-19(24)29-12-17(26)21-16-9-8-14(25(27)28)11-15(16)20/h2-9,11H,1,10,12H2,(H,21,26). The molecule has 0 saturated carbocycles. The normalized spacial score (nSPS) is 10.5. The predicted octanol–water partition coefficient (Wildman–Crippen LogP) is 4.53. The molecular weight excluding hydrogens is 458 g/mol. The van der Waals surface area contributed by atoms with Gasteiger partial charge in [-0.05, 0) is 22.0 Å². The maximum atomic E-state index is 12.3. The largest absolute Gasteiger partial charge is 0.324 e. The molecule has 1 aromatic heterocycles. The lowest BCUT2D eigenvalue weighted by Crippen LogP contribution is -2.15. The highest BCUT2D eigenvalue weighted by Gasteiger charge is 2.16. The summed E-state index contributed by atoms with van der Waals surface area (Å²) >= 11 is 4.49. The third-order valence-corrected chi connectivity index (χ3v) is 5.45. The molecule has 10 heteroatoms. The minimum atomic E-state index is -0.497. The van der Waals surface area contributed by atoms with Crippen molar-refractivity contribution in [1.29, 1.82) is 0 Å². The molecule has 0 aliphatic rings. The highest BCUT2D eigenvalue weighted by atomic mass is 79.9. The summed E-state index contributed by atoms with van der Waals surface area (Å²) in [5.74, 6) is 0.540. The summed E-state index contributed by atoms with van der Waals surface area (Å²) in [6.45, 7) is 4.28. The van der Waals surface area contributed by atoms with E-state index in [0.29, 0.717) is 27.7 Å². The van der Waals surface area contributed by atoms with Crippen molar-refractivity contribution in [3.63, 3.8) is 0 Å². The number of halogens is 1. The fourth-order valence-electron chi connectivity index (χ4n) is 2.53. The molecule has 29 heavy (non-hydrogen) atoms. The number of anilines is 1. The molecule has 0 spiro atoms. The number of benzene rings is 2. The molecular formula is C19H16BrN5O3S. The number of thioether (sulfide) groups is 1. The number of amides is 1. The Morgan fingerprint density at radius 1 is 1.28 bits per heavy atom. The highest BCUT2D eigenvalue weighted by molar-refractivity contribution is 9.10. The lowest BCUT2D eigenvalue weighted by molar-refractivity contribution is -0.384. The van der Waals surface area contributed by atoms with Gasteiger partial charge in [-0.2, -0.15) is 0 Å². The minimum Gasteiger partial charge on any atom is -0.324 e. The van der Waals surface area contributed by atoms with Crippen LogP contribution in [0.2, 0.25) is 0 Å². The number of carbonyl (C=O) groups is 1. The highest BCUT2D eigenvalue weighted by Crippen LogP contribution is 2.28. The van der Waals surface area contributed by atoms with Gasteiger partial charge in [-0.1, -0.05) is 48.2 Å². The molecule has 0 unspecified atom stereocenters. The van der Waals surface area contributed by atoms with E-state index in [0.717, 1.165) is 5.56 Å². The van der Waals surface area contributed by atoms with Gasteiger partial charge in [0.05, 0.1) is 16.4 Å². The molecule has 0 aliphatic carbocycles. The number of aromatic nitrogens is 3. The Morgan fingerprint density at radius 2 is 2.03 bits per heavy atom. The van der Waals surface area contributed by atoms with Crippen LogP contribution >= 0.6 is 27.7 Å².